The van der Waals surface area contributed by atoms with Crippen LogP contribution < -0.4 is 5.32 Å². The highest BCUT2D eigenvalue weighted by atomic mass is 19.3. The topological polar surface area (TPSA) is 66.4 Å². The lowest BCUT2D eigenvalue weighted by atomic mass is 10.1. The van der Waals surface area contributed by atoms with Gasteiger partial charge in [-0.2, -0.15) is 0 Å². The maximum absolute atomic E-state index is 13.4. The zero-order valence-corrected chi connectivity index (χ0v) is 12.5. The minimum atomic E-state index is -2.72. The lowest BCUT2D eigenvalue weighted by Gasteiger charge is -2.05. The van der Waals surface area contributed by atoms with Gasteiger partial charge < -0.3 is 10.4 Å². The first-order chi connectivity index (χ1) is 10.2. The van der Waals surface area contributed by atoms with Gasteiger partial charge in [0.1, 0.15) is 0 Å². The first-order valence-corrected chi connectivity index (χ1v) is 7.13. The summed E-state index contributed by atoms with van der Waals surface area (Å²) in [4.78, 5) is 22.4. The molecule has 1 aliphatic rings. The third kappa shape index (κ3) is 3.10. The number of alkyl halides is 2. The number of amides is 1. The van der Waals surface area contributed by atoms with Crippen LogP contribution in [0, 0.1) is 11.3 Å². The summed E-state index contributed by atoms with van der Waals surface area (Å²) in [5.74, 6) is -4.80. The van der Waals surface area contributed by atoms with Gasteiger partial charge in [0.15, 0.2) is 0 Å². The second kappa shape index (κ2) is 5.66. The van der Waals surface area contributed by atoms with Crippen molar-refractivity contribution in [3.05, 3.63) is 35.4 Å². The Labute approximate surface area is 127 Å². The summed E-state index contributed by atoms with van der Waals surface area (Å²) >= 11 is 0. The average Bonchev–Trinajstić information content (AvgIpc) is 2.84. The molecule has 0 aromatic heterocycles. The molecule has 2 N–H and O–H groups in total. The van der Waals surface area contributed by atoms with E-state index in [1.54, 1.807) is 12.1 Å². The van der Waals surface area contributed by atoms with Crippen LogP contribution in [-0.2, 0) is 11.2 Å². The lowest BCUT2D eigenvalue weighted by Crippen LogP contribution is -2.27. The number of rotatable bonds is 6. The van der Waals surface area contributed by atoms with E-state index in [-0.39, 0.29) is 24.4 Å². The number of hydrogen-bond acceptors (Lipinski definition) is 2. The molecule has 1 aromatic rings. The Morgan fingerprint density at radius 2 is 1.77 bits per heavy atom. The van der Waals surface area contributed by atoms with Crippen LogP contribution >= 0.6 is 0 Å². The van der Waals surface area contributed by atoms with E-state index in [1.165, 1.54) is 26.0 Å². The molecule has 0 heterocycles. The summed E-state index contributed by atoms with van der Waals surface area (Å²) in [6.07, 6.45) is 0.626. The summed E-state index contributed by atoms with van der Waals surface area (Å²) in [7, 11) is 0. The molecule has 0 aliphatic heterocycles. The number of aromatic carboxylic acids is 1. The number of carbonyl (C=O) groups is 2. The summed E-state index contributed by atoms with van der Waals surface area (Å²) in [6, 6.07) is 6.25. The lowest BCUT2D eigenvalue weighted by molar-refractivity contribution is -0.121. The minimum Gasteiger partial charge on any atom is -0.478 e. The van der Waals surface area contributed by atoms with E-state index in [1.807, 2.05) is 0 Å². The smallest absolute Gasteiger partial charge is 0.335 e. The second-order valence-electron chi connectivity index (χ2n) is 6.20. The summed E-state index contributed by atoms with van der Waals surface area (Å²) < 4.78 is 26.8. The van der Waals surface area contributed by atoms with Crippen LogP contribution in [0.1, 0.15) is 36.2 Å². The number of halogens is 2. The molecular weight excluding hydrogens is 292 g/mol. The molecule has 0 saturated heterocycles. The Morgan fingerprint density at radius 1 is 1.23 bits per heavy atom. The zero-order chi connectivity index (χ0) is 16.5. The van der Waals surface area contributed by atoms with Gasteiger partial charge in [-0.05, 0) is 24.1 Å². The predicted octanol–water partition coefficient (Wildman–Crippen LogP) is 2.72. The van der Waals surface area contributed by atoms with Gasteiger partial charge in [-0.15, -0.1) is 0 Å². The van der Waals surface area contributed by atoms with Crippen molar-refractivity contribution in [1.82, 2.24) is 5.32 Å². The quantitative estimate of drug-likeness (QED) is 0.849. The Balaban J connectivity index is 1.75. The fourth-order valence-electron chi connectivity index (χ4n) is 2.52. The average molecular weight is 311 g/mol. The first-order valence-electron chi connectivity index (χ1n) is 7.13. The zero-order valence-electron chi connectivity index (χ0n) is 12.5. The van der Waals surface area contributed by atoms with Crippen LogP contribution in [0.5, 0.6) is 0 Å². The van der Waals surface area contributed by atoms with E-state index in [9.17, 15) is 18.4 Å². The number of carbonyl (C=O) groups excluding carboxylic acids is 1. The van der Waals surface area contributed by atoms with Crippen molar-refractivity contribution in [2.45, 2.75) is 32.6 Å². The van der Waals surface area contributed by atoms with Gasteiger partial charge in [0.05, 0.1) is 11.5 Å². The van der Waals surface area contributed by atoms with E-state index >= 15 is 0 Å². The van der Waals surface area contributed by atoms with E-state index in [2.05, 4.69) is 5.32 Å². The standard InChI is InChI=1S/C16H19F2NO3/c1-15(2)12(16(15,17)18)9-19-13(20)8-5-10-3-6-11(7-4-10)14(21)22/h3-4,6-7,12H,5,8-9H2,1-2H3,(H,19,20)(H,21,22). The van der Waals surface area contributed by atoms with Crippen molar-refractivity contribution in [2.75, 3.05) is 6.54 Å². The van der Waals surface area contributed by atoms with E-state index in [0.717, 1.165) is 5.56 Å². The molecule has 2 rings (SSSR count). The number of aryl methyl sites for hydroxylation is 1. The van der Waals surface area contributed by atoms with Crippen LogP contribution in [0.15, 0.2) is 24.3 Å². The SMILES string of the molecule is CC1(C)C(CNC(=O)CCc2ccc(C(=O)O)cc2)C1(F)F. The molecule has 1 atom stereocenters. The molecule has 120 valence electrons. The maximum Gasteiger partial charge on any atom is 0.335 e. The summed E-state index contributed by atoms with van der Waals surface area (Å²) in [5.41, 5.74) is -0.0314. The van der Waals surface area contributed by atoms with Crippen LogP contribution in [0.4, 0.5) is 8.78 Å². The molecule has 1 amide bonds. The molecule has 1 aromatic carbocycles. The van der Waals surface area contributed by atoms with Crippen molar-refractivity contribution in [3.63, 3.8) is 0 Å². The Morgan fingerprint density at radius 3 is 2.23 bits per heavy atom. The van der Waals surface area contributed by atoms with Crippen molar-refractivity contribution in [2.24, 2.45) is 11.3 Å². The molecule has 1 saturated carbocycles. The predicted molar refractivity (Wildman–Crippen MR) is 77.0 cm³/mol. The minimum absolute atomic E-state index is 0.0171. The number of hydrogen-bond donors (Lipinski definition) is 2. The molecule has 0 radical (unpaired) electrons. The number of carboxylic acids is 1. The maximum atomic E-state index is 13.4. The highest BCUT2D eigenvalue weighted by Crippen LogP contribution is 2.65. The number of benzene rings is 1. The highest BCUT2D eigenvalue weighted by molar-refractivity contribution is 5.87. The van der Waals surface area contributed by atoms with Gasteiger partial charge in [-0.3, -0.25) is 4.79 Å². The molecule has 22 heavy (non-hydrogen) atoms. The van der Waals surface area contributed by atoms with Crippen LogP contribution in [-0.4, -0.2) is 29.5 Å². The molecule has 0 spiro atoms. The molecule has 1 aliphatic carbocycles. The van der Waals surface area contributed by atoms with Gasteiger partial charge in [-0.1, -0.05) is 26.0 Å². The number of nitrogens with one attached hydrogen (secondary N) is 1. The van der Waals surface area contributed by atoms with Gasteiger partial charge in [0.2, 0.25) is 5.91 Å². The van der Waals surface area contributed by atoms with Crippen LogP contribution in [0.3, 0.4) is 0 Å². The normalized spacial score (nSPS) is 21.2. The summed E-state index contributed by atoms with van der Waals surface area (Å²) in [5, 5.41) is 11.3. The fraction of sp³-hybridized carbons (Fsp3) is 0.500. The van der Waals surface area contributed by atoms with Crippen molar-refractivity contribution < 1.29 is 23.5 Å². The van der Waals surface area contributed by atoms with Crippen molar-refractivity contribution in [3.8, 4) is 0 Å². The van der Waals surface area contributed by atoms with Crippen LogP contribution in [0.25, 0.3) is 0 Å². The molecule has 4 nitrogen and oxygen atoms in total. The van der Waals surface area contributed by atoms with Gasteiger partial charge >= 0.3 is 5.97 Å². The molecule has 1 unspecified atom stereocenters. The van der Waals surface area contributed by atoms with Gasteiger partial charge in [-0.25, -0.2) is 13.6 Å². The molecule has 1 fully saturated rings. The van der Waals surface area contributed by atoms with Crippen LogP contribution in [0.2, 0.25) is 0 Å². The van der Waals surface area contributed by atoms with Gasteiger partial charge in [0, 0.05) is 18.4 Å². The third-order valence-electron chi connectivity index (χ3n) is 4.43. The monoisotopic (exact) mass is 311 g/mol. The van der Waals surface area contributed by atoms with E-state index in [4.69, 9.17) is 5.11 Å². The fourth-order valence-corrected chi connectivity index (χ4v) is 2.52. The Bertz CT molecular complexity index is 568. The molecule has 6 heteroatoms. The van der Waals surface area contributed by atoms with E-state index < -0.39 is 23.2 Å². The van der Waals surface area contributed by atoms with Crippen molar-refractivity contribution in [1.29, 1.82) is 0 Å². The first kappa shape index (κ1) is 16.4. The Kier molecular flexibility index (Phi) is 4.22. The highest BCUT2D eigenvalue weighted by Gasteiger charge is 2.74. The third-order valence-corrected chi connectivity index (χ3v) is 4.43. The van der Waals surface area contributed by atoms with E-state index in [0.29, 0.717) is 6.42 Å². The largest absolute Gasteiger partial charge is 0.478 e. The Hall–Kier alpha value is -1.98. The second-order valence-corrected chi connectivity index (χ2v) is 6.20. The molecule has 0 bridgehead atoms. The van der Waals surface area contributed by atoms with Gasteiger partial charge in [0.25, 0.3) is 5.92 Å². The molecular formula is C16H19F2NO3. The number of carboxylic acid groups (broad SMARTS) is 1. The van der Waals surface area contributed by atoms with Crippen molar-refractivity contribution >= 4 is 11.9 Å². The summed E-state index contributed by atoms with van der Waals surface area (Å²) in [6.45, 7) is 2.97.